The molecule has 1 unspecified atom stereocenters. The Hall–Kier alpha value is -0.0800. The normalized spacial score (nSPS) is 34.1. The van der Waals surface area contributed by atoms with Crippen LogP contribution >= 0.6 is 0 Å². The van der Waals surface area contributed by atoms with Crippen LogP contribution in [0.5, 0.6) is 0 Å². The maximum atomic E-state index is 2.77. The fourth-order valence-corrected chi connectivity index (χ4v) is 3.96. The van der Waals surface area contributed by atoms with Gasteiger partial charge in [0, 0.05) is 32.2 Å². The third-order valence-corrected chi connectivity index (χ3v) is 4.91. The number of piperazine rings is 1. The van der Waals surface area contributed by atoms with Crippen molar-refractivity contribution in [3.63, 3.8) is 0 Å². The first kappa shape index (κ1) is 11.0. The van der Waals surface area contributed by atoms with Crippen molar-refractivity contribution in [2.75, 3.05) is 32.7 Å². The quantitative estimate of drug-likeness (QED) is 0.707. The molecule has 0 aromatic rings. The van der Waals surface area contributed by atoms with E-state index in [1.807, 2.05) is 0 Å². The molecule has 3 rings (SSSR count). The lowest BCUT2D eigenvalue weighted by atomic mass is 9.88. The molecule has 3 fully saturated rings. The Morgan fingerprint density at radius 3 is 2.56 bits per heavy atom. The molecule has 2 heteroatoms. The van der Waals surface area contributed by atoms with Crippen molar-refractivity contribution in [1.82, 2.24) is 9.80 Å². The van der Waals surface area contributed by atoms with Crippen LogP contribution in [0.1, 0.15) is 44.9 Å². The first-order valence-electron chi connectivity index (χ1n) is 7.38. The van der Waals surface area contributed by atoms with E-state index in [1.54, 1.807) is 0 Å². The molecule has 0 radical (unpaired) electrons. The van der Waals surface area contributed by atoms with Crippen molar-refractivity contribution in [2.24, 2.45) is 5.92 Å². The van der Waals surface area contributed by atoms with E-state index in [-0.39, 0.29) is 0 Å². The van der Waals surface area contributed by atoms with Gasteiger partial charge in [-0.3, -0.25) is 4.90 Å². The molecule has 2 heterocycles. The summed E-state index contributed by atoms with van der Waals surface area (Å²) in [5, 5.41) is 0. The van der Waals surface area contributed by atoms with Crippen molar-refractivity contribution < 1.29 is 0 Å². The smallest absolute Gasteiger partial charge is 0.0224 e. The predicted molar refractivity (Wildman–Crippen MR) is 67.6 cm³/mol. The van der Waals surface area contributed by atoms with Gasteiger partial charge in [-0.2, -0.15) is 0 Å². The predicted octanol–water partition coefficient (Wildman–Crippen LogP) is 2.35. The average Bonchev–Trinajstić information content (AvgIpc) is 2.77. The SMILES string of the molecule is C1CCC(CN2CCN3CCCC3C2)CC1. The molecule has 0 N–H and O–H groups in total. The molecule has 0 bridgehead atoms. The van der Waals surface area contributed by atoms with Gasteiger partial charge in [-0.15, -0.1) is 0 Å². The van der Waals surface area contributed by atoms with Crippen LogP contribution in [0.2, 0.25) is 0 Å². The number of nitrogens with zero attached hydrogens (tertiary/aromatic N) is 2. The van der Waals surface area contributed by atoms with Crippen LogP contribution < -0.4 is 0 Å². The first-order valence-corrected chi connectivity index (χ1v) is 7.38. The third-order valence-electron chi connectivity index (χ3n) is 4.91. The minimum absolute atomic E-state index is 0.914. The molecule has 3 aliphatic rings. The standard InChI is InChI=1S/C14H26N2/c1-2-5-13(6-3-1)11-15-9-10-16-8-4-7-14(16)12-15/h13-14H,1-12H2. The van der Waals surface area contributed by atoms with E-state index in [0.29, 0.717) is 0 Å². The summed E-state index contributed by atoms with van der Waals surface area (Å²) in [6.07, 6.45) is 10.4. The van der Waals surface area contributed by atoms with Crippen LogP contribution in [0, 0.1) is 5.92 Å². The molecule has 2 saturated heterocycles. The highest BCUT2D eigenvalue weighted by Crippen LogP contribution is 2.27. The molecule has 0 amide bonds. The zero-order valence-electron chi connectivity index (χ0n) is 10.5. The van der Waals surface area contributed by atoms with Gasteiger partial charge in [-0.1, -0.05) is 19.3 Å². The zero-order chi connectivity index (χ0) is 10.8. The molecule has 2 nitrogen and oxygen atoms in total. The summed E-state index contributed by atoms with van der Waals surface area (Å²) >= 11 is 0. The van der Waals surface area contributed by atoms with Crippen molar-refractivity contribution in [2.45, 2.75) is 51.0 Å². The van der Waals surface area contributed by atoms with Crippen LogP contribution in [0.25, 0.3) is 0 Å². The van der Waals surface area contributed by atoms with Gasteiger partial charge in [0.2, 0.25) is 0 Å². The Kier molecular flexibility index (Phi) is 3.49. The number of fused-ring (bicyclic) bond motifs is 1. The Morgan fingerprint density at radius 2 is 1.69 bits per heavy atom. The van der Waals surface area contributed by atoms with Crippen molar-refractivity contribution >= 4 is 0 Å². The Morgan fingerprint density at radius 1 is 0.812 bits per heavy atom. The van der Waals surface area contributed by atoms with Gasteiger partial charge >= 0.3 is 0 Å². The third kappa shape index (κ3) is 2.43. The second-order valence-electron chi connectivity index (χ2n) is 6.10. The lowest BCUT2D eigenvalue weighted by Gasteiger charge is -2.39. The van der Waals surface area contributed by atoms with Crippen LogP contribution in [0.3, 0.4) is 0 Å². The summed E-state index contributed by atoms with van der Waals surface area (Å²) in [5.41, 5.74) is 0. The fourth-order valence-electron chi connectivity index (χ4n) is 3.96. The van der Waals surface area contributed by atoms with E-state index in [9.17, 15) is 0 Å². The fraction of sp³-hybridized carbons (Fsp3) is 1.00. The van der Waals surface area contributed by atoms with Crippen LogP contribution in [0.15, 0.2) is 0 Å². The topological polar surface area (TPSA) is 6.48 Å². The van der Waals surface area contributed by atoms with Crippen LogP contribution in [-0.4, -0.2) is 48.6 Å². The van der Waals surface area contributed by atoms with Crippen LogP contribution in [-0.2, 0) is 0 Å². The maximum absolute atomic E-state index is 2.77. The Labute approximate surface area is 100.0 Å². The zero-order valence-corrected chi connectivity index (χ0v) is 10.5. The lowest BCUT2D eigenvalue weighted by molar-refractivity contribution is 0.0855. The van der Waals surface area contributed by atoms with E-state index in [1.165, 1.54) is 77.7 Å². The molecule has 1 saturated carbocycles. The second kappa shape index (κ2) is 5.05. The van der Waals surface area contributed by atoms with E-state index in [2.05, 4.69) is 9.80 Å². The molecule has 0 spiro atoms. The van der Waals surface area contributed by atoms with Gasteiger partial charge in [0.05, 0.1) is 0 Å². The maximum Gasteiger partial charge on any atom is 0.0224 e. The molecule has 0 aromatic carbocycles. The summed E-state index contributed by atoms with van der Waals surface area (Å²) in [6.45, 7) is 6.84. The Bertz CT molecular complexity index is 223. The molecule has 1 aliphatic carbocycles. The van der Waals surface area contributed by atoms with Gasteiger partial charge in [-0.25, -0.2) is 0 Å². The summed E-state index contributed by atoms with van der Waals surface area (Å²) in [4.78, 5) is 5.49. The van der Waals surface area contributed by atoms with Crippen molar-refractivity contribution in [3.05, 3.63) is 0 Å². The lowest BCUT2D eigenvalue weighted by Crippen LogP contribution is -2.51. The average molecular weight is 222 g/mol. The summed E-state index contributed by atoms with van der Waals surface area (Å²) in [7, 11) is 0. The highest BCUT2D eigenvalue weighted by atomic mass is 15.3. The summed E-state index contributed by atoms with van der Waals surface area (Å²) in [6, 6.07) is 0.914. The Balaban J connectivity index is 1.48. The van der Waals surface area contributed by atoms with Crippen molar-refractivity contribution in [3.8, 4) is 0 Å². The minimum atomic E-state index is 0.914. The van der Waals surface area contributed by atoms with Gasteiger partial charge in [0.1, 0.15) is 0 Å². The number of rotatable bonds is 2. The second-order valence-corrected chi connectivity index (χ2v) is 6.10. The molecule has 2 aliphatic heterocycles. The monoisotopic (exact) mass is 222 g/mol. The molecular formula is C14H26N2. The van der Waals surface area contributed by atoms with Crippen LogP contribution in [0.4, 0.5) is 0 Å². The molecular weight excluding hydrogens is 196 g/mol. The summed E-state index contributed by atoms with van der Waals surface area (Å²) in [5.74, 6) is 1.03. The molecule has 1 atom stereocenters. The minimum Gasteiger partial charge on any atom is -0.300 e. The van der Waals surface area contributed by atoms with Gasteiger partial charge in [0.15, 0.2) is 0 Å². The summed E-state index contributed by atoms with van der Waals surface area (Å²) < 4.78 is 0. The highest BCUT2D eigenvalue weighted by Gasteiger charge is 2.31. The number of hydrogen-bond acceptors (Lipinski definition) is 2. The van der Waals surface area contributed by atoms with Gasteiger partial charge in [0.25, 0.3) is 0 Å². The van der Waals surface area contributed by atoms with Gasteiger partial charge in [-0.05, 0) is 38.1 Å². The molecule has 16 heavy (non-hydrogen) atoms. The van der Waals surface area contributed by atoms with Crippen molar-refractivity contribution in [1.29, 1.82) is 0 Å². The van der Waals surface area contributed by atoms with Gasteiger partial charge < -0.3 is 4.90 Å². The van der Waals surface area contributed by atoms with E-state index >= 15 is 0 Å². The number of hydrogen-bond donors (Lipinski definition) is 0. The first-order chi connectivity index (χ1) is 7.92. The highest BCUT2D eigenvalue weighted by molar-refractivity contribution is 4.87. The van der Waals surface area contributed by atoms with E-state index < -0.39 is 0 Å². The van der Waals surface area contributed by atoms with E-state index in [0.717, 1.165) is 12.0 Å². The molecule has 0 aromatic heterocycles. The van der Waals surface area contributed by atoms with E-state index in [4.69, 9.17) is 0 Å². The molecule has 92 valence electrons. The largest absolute Gasteiger partial charge is 0.300 e.